The Morgan fingerprint density at radius 3 is 2.71 bits per heavy atom. The second-order valence-corrected chi connectivity index (χ2v) is 10.0. The van der Waals surface area contributed by atoms with E-state index in [-0.39, 0.29) is 24.2 Å². The average molecular weight is 515 g/mol. The largest absolute Gasteiger partial charge is 0.372 e. The Bertz CT molecular complexity index is 1550. The molecule has 0 unspecified atom stereocenters. The van der Waals surface area contributed by atoms with Crippen molar-refractivity contribution in [1.82, 2.24) is 35.4 Å². The summed E-state index contributed by atoms with van der Waals surface area (Å²) < 4.78 is 7.53. The molecular formula is C26H30N10O2. The number of amides is 1. The molecule has 6 rings (SSSR count). The molecular weight excluding hydrogens is 484 g/mol. The van der Waals surface area contributed by atoms with Crippen molar-refractivity contribution in [2.24, 2.45) is 0 Å². The fourth-order valence-corrected chi connectivity index (χ4v) is 5.38. The van der Waals surface area contributed by atoms with Gasteiger partial charge in [0.15, 0.2) is 0 Å². The molecule has 4 aromatic rings. The number of H-pyrrole nitrogens is 1. The molecule has 3 aromatic heterocycles. The standard InChI is InChI=1S/C26H30N10O2/c1-14-12-35(13-15(2)38-14)22-10-18(8-9-27-22)24-20-11-19(6-7-21(20)29-30-24)28-25(37)23-16(3)34(5)26-31-32-33-36(26)17(23)4/h6-11,14-15,17H,12-13H2,1-5H3,(H,28,37)(H,29,30)/t14-,15-,17+/m0/s1. The lowest BCUT2D eigenvalue weighted by molar-refractivity contribution is -0.113. The Morgan fingerprint density at radius 1 is 1.13 bits per heavy atom. The van der Waals surface area contributed by atoms with Gasteiger partial charge in [-0.25, -0.2) is 9.67 Å². The summed E-state index contributed by atoms with van der Waals surface area (Å²) >= 11 is 0. The van der Waals surface area contributed by atoms with Crippen LogP contribution in [0.4, 0.5) is 17.5 Å². The van der Waals surface area contributed by atoms with Gasteiger partial charge in [-0.1, -0.05) is 5.10 Å². The quantitative estimate of drug-likeness (QED) is 0.422. The van der Waals surface area contributed by atoms with Crippen molar-refractivity contribution in [3.05, 3.63) is 47.8 Å². The van der Waals surface area contributed by atoms with Crippen molar-refractivity contribution in [1.29, 1.82) is 0 Å². The molecule has 5 heterocycles. The van der Waals surface area contributed by atoms with Gasteiger partial charge in [-0.05, 0) is 68.5 Å². The van der Waals surface area contributed by atoms with E-state index in [9.17, 15) is 4.79 Å². The number of fused-ring (bicyclic) bond motifs is 2. The van der Waals surface area contributed by atoms with Crippen LogP contribution in [0.5, 0.6) is 0 Å². The highest BCUT2D eigenvalue weighted by Gasteiger charge is 2.32. The van der Waals surface area contributed by atoms with Crippen LogP contribution in [0.1, 0.15) is 33.7 Å². The van der Waals surface area contributed by atoms with Crippen LogP contribution in [0, 0.1) is 0 Å². The third kappa shape index (κ3) is 4.06. The fraction of sp³-hybridized carbons (Fsp3) is 0.385. The number of anilines is 3. The number of hydrogen-bond acceptors (Lipinski definition) is 9. The van der Waals surface area contributed by atoms with Gasteiger partial charge < -0.3 is 19.9 Å². The van der Waals surface area contributed by atoms with E-state index in [0.29, 0.717) is 17.2 Å². The van der Waals surface area contributed by atoms with Crippen LogP contribution in [-0.4, -0.2) is 73.6 Å². The highest BCUT2D eigenvalue weighted by molar-refractivity contribution is 6.07. The number of ether oxygens (including phenoxy) is 1. The molecule has 0 bridgehead atoms. The normalized spacial score (nSPS) is 21.7. The number of morpholine rings is 1. The van der Waals surface area contributed by atoms with E-state index in [2.05, 4.69) is 60.8 Å². The molecule has 12 nitrogen and oxygen atoms in total. The van der Waals surface area contributed by atoms with Crippen LogP contribution in [0.15, 0.2) is 47.8 Å². The van der Waals surface area contributed by atoms with Crippen LogP contribution < -0.4 is 15.1 Å². The summed E-state index contributed by atoms with van der Waals surface area (Å²) in [5.41, 5.74) is 4.71. The summed E-state index contributed by atoms with van der Waals surface area (Å²) in [5, 5.41) is 23.6. The topological polar surface area (TPSA) is 130 Å². The van der Waals surface area contributed by atoms with Gasteiger partial charge in [0.2, 0.25) is 5.95 Å². The smallest absolute Gasteiger partial charge is 0.255 e. The lowest BCUT2D eigenvalue weighted by atomic mass is 10.0. The zero-order valence-electron chi connectivity index (χ0n) is 22.0. The average Bonchev–Trinajstić information content (AvgIpc) is 3.55. The number of pyridine rings is 1. The number of nitrogens with one attached hydrogen (secondary N) is 2. The summed E-state index contributed by atoms with van der Waals surface area (Å²) in [6.07, 6.45) is 2.09. The summed E-state index contributed by atoms with van der Waals surface area (Å²) in [5.74, 6) is 1.30. The van der Waals surface area contributed by atoms with Crippen molar-refractivity contribution in [2.45, 2.75) is 45.9 Å². The van der Waals surface area contributed by atoms with Crippen LogP contribution in [0.3, 0.4) is 0 Å². The van der Waals surface area contributed by atoms with E-state index in [4.69, 9.17) is 4.74 Å². The van der Waals surface area contributed by atoms with Crippen LogP contribution in [-0.2, 0) is 9.53 Å². The van der Waals surface area contributed by atoms with Crippen LogP contribution in [0.2, 0.25) is 0 Å². The van der Waals surface area contributed by atoms with Gasteiger partial charge in [-0.15, -0.1) is 0 Å². The van der Waals surface area contributed by atoms with E-state index < -0.39 is 0 Å². The summed E-state index contributed by atoms with van der Waals surface area (Å²) in [6.45, 7) is 9.54. The summed E-state index contributed by atoms with van der Waals surface area (Å²) in [7, 11) is 1.85. The van der Waals surface area contributed by atoms with Gasteiger partial charge in [-0.3, -0.25) is 9.89 Å². The first kappa shape index (κ1) is 24.0. The predicted octanol–water partition coefficient (Wildman–Crippen LogP) is 3.15. The molecule has 0 saturated carbocycles. The van der Waals surface area contributed by atoms with E-state index >= 15 is 0 Å². The Labute approximate surface area is 219 Å². The zero-order chi connectivity index (χ0) is 26.6. The zero-order valence-corrected chi connectivity index (χ0v) is 22.0. The molecule has 3 atom stereocenters. The molecule has 1 aromatic carbocycles. The Hall–Kier alpha value is -4.32. The van der Waals surface area contributed by atoms with Crippen molar-refractivity contribution in [3.63, 3.8) is 0 Å². The van der Waals surface area contributed by atoms with E-state index in [1.807, 2.05) is 56.3 Å². The molecule has 1 fully saturated rings. The highest BCUT2D eigenvalue weighted by Crippen LogP contribution is 2.34. The maximum Gasteiger partial charge on any atom is 0.255 e. The molecule has 2 N–H and O–H groups in total. The Morgan fingerprint density at radius 2 is 1.92 bits per heavy atom. The number of hydrogen-bond donors (Lipinski definition) is 2. The van der Waals surface area contributed by atoms with Crippen molar-refractivity contribution < 1.29 is 9.53 Å². The Balaban J connectivity index is 1.29. The van der Waals surface area contributed by atoms with Crippen molar-refractivity contribution >= 4 is 34.3 Å². The molecule has 0 spiro atoms. The SMILES string of the molecule is CC1=C(C(=O)Nc2ccc3[nH]nc(-c4ccnc(N5C[C@H](C)O[C@@H](C)C5)c4)c3c2)[C@@H](C)n2nnnc2N1C. The minimum absolute atomic E-state index is 0.138. The van der Waals surface area contributed by atoms with Gasteiger partial charge in [0, 0.05) is 48.7 Å². The van der Waals surface area contributed by atoms with Gasteiger partial charge in [-0.2, -0.15) is 5.10 Å². The van der Waals surface area contributed by atoms with Crippen molar-refractivity contribution in [3.8, 4) is 11.3 Å². The third-order valence-corrected chi connectivity index (χ3v) is 7.28. The second-order valence-electron chi connectivity index (χ2n) is 10.0. The highest BCUT2D eigenvalue weighted by atomic mass is 16.5. The van der Waals surface area contributed by atoms with Gasteiger partial charge in [0.1, 0.15) is 11.5 Å². The molecule has 1 amide bonds. The monoisotopic (exact) mass is 514 g/mol. The van der Waals surface area contributed by atoms with E-state index in [1.54, 1.807) is 4.68 Å². The van der Waals surface area contributed by atoms with Gasteiger partial charge in [0.25, 0.3) is 5.91 Å². The minimum Gasteiger partial charge on any atom is -0.372 e. The maximum absolute atomic E-state index is 13.4. The molecule has 0 aliphatic carbocycles. The number of tetrazole rings is 1. The minimum atomic E-state index is -0.301. The van der Waals surface area contributed by atoms with Crippen LogP contribution in [0.25, 0.3) is 22.2 Å². The van der Waals surface area contributed by atoms with Crippen molar-refractivity contribution in [2.75, 3.05) is 35.3 Å². The van der Waals surface area contributed by atoms with E-state index in [0.717, 1.165) is 46.8 Å². The Kier molecular flexibility index (Phi) is 5.83. The fourth-order valence-electron chi connectivity index (χ4n) is 5.38. The number of carbonyl (C=O) groups is 1. The number of carbonyl (C=O) groups excluding carboxylic acids is 1. The van der Waals surface area contributed by atoms with E-state index in [1.165, 1.54) is 0 Å². The number of aromatic nitrogens is 7. The molecule has 12 heteroatoms. The molecule has 2 aliphatic rings. The first-order valence-electron chi connectivity index (χ1n) is 12.7. The number of allylic oxidation sites excluding steroid dienone is 1. The lowest BCUT2D eigenvalue weighted by Gasteiger charge is -2.36. The number of rotatable bonds is 4. The molecule has 38 heavy (non-hydrogen) atoms. The number of benzene rings is 1. The van der Waals surface area contributed by atoms with Gasteiger partial charge >= 0.3 is 0 Å². The van der Waals surface area contributed by atoms with Gasteiger partial charge in [0.05, 0.1) is 29.3 Å². The first-order chi connectivity index (χ1) is 18.3. The molecule has 1 saturated heterocycles. The summed E-state index contributed by atoms with van der Waals surface area (Å²) in [6, 6.07) is 9.45. The predicted molar refractivity (Wildman–Crippen MR) is 144 cm³/mol. The molecule has 2 aliphatic heterocycles. The number of nitrogens with zero attached hydrogens (tertiary/aromatic N) is 8. The second kappa shape index (κ2) is 9.21. The maximum atomic E-state index is 13.4. The molecule has 0 radical (unpaired) electrons. The third-order valence-electron chi connectivity index (χ3n) is 7.28. The molecule has 196 valence electrons. The number of aromatic amines is 1. The van der Waals surface area contributed by atoms with Crippen LogP contribution >= 0.6 is 0 Å². The first-order valence-corrected chi connectivity index (χ1v) is 12.7. The lowest BCUT2D eigenvalue weighted by Crippen LogP contribution is -2.45. The summed E-state index contributed by atoms with van der Waals surface area (Å²) in [4.78, 5) is 22.1.